The minimum atomic E-state index is -0.444. The van der Waals surface area contributed by atoms with Crippen LogP contribution in [0.4, 0.5) is 31.5 Å². The van der Waals surface area contributed by atoms with Crippen LogP contribution < -0.4 is 21.3 Å². The van der Waals surface area contributed by atoms with Crippen LogP contribution in [0.25, 0.3) is 10.3 Å². The summed E-state index contributed by atoms with van der Waals surface area (Å²) >= 11 is 7.06. The van der Waals surface area contributed by atoms with Gasteiger partial charge in [-0.15, -0.1) is 0 Å². The second kappa shape index (κ2) is 8.75. The molecule has 0 saturated carbocycles. The molecule has 0 unspecified atom stereocenters. The van der Waals surface area contributed by atoms with E-state index in [4.69, 9.17) is 17.3 Å². The van der Waals surface area contributed by atoms with Crippen molar-refractivity contribution >= 4 is 61.6 Å². The van der Waals surface area contributed by atoms with Gasteiger partial charge in [0.1, 0.15) is 22.0 Å². The number of hydrogen-bond donors (Lipinski definition) is 3. The van der Waals surface area contributed by atoms with Crippen molar-refractivity contribution in [2.75, 3.05) is 23.0 Å². The normalized spacial score (nSPS) is 10.8. The molecule has 2 aromatic carbocycles. The molecule has 0 atom stereocenters. The van der Waals surface area contributed by atoms with Gasteiger partial charge in [0.2, 0.25) is 0 Å². The fourth-order valence-electron chi connectivity index (χ4n) is 2.95. The lowest BCUT2D eigenvalue weighted by Crippen LogP contribution is -2.28. The molecule has 10 heteroatoms. The Morgan fingerprint density at radius 2 is 2.03 bits per heavy atom. The van der Waals surface area contributed by atoms with Gasteiger partial charge in [0, 0.05) is 24.3 Å². The zero-order chi connectivity index (χ0) is 22.0. The number of carbonyl (C=O) groups excluding carboxylic acids is 1. The molecule has 0 aliphatic rings. The first-order chi connectivity index (χ1) is 14.9. The summed E-state index contributed by atoms with van der Waals surface area (Å²) in [4.78, 5) is 23.4. The van der Waals surface area contributed by atoms with Gasteiger partial charge in [0.15, 0.2) is 5.13 Å². The maximum atomic E-state index is 14.2. The Kier molecular flexibility index (Phi) is 5.88. The van der Waals surface area contributed by atoms with Gasteiger partial charge in [-0.2, -0.15) is 0 Å². The van der Waals surface area contributed by atoms with Crippen LogP contribution in [0.3, 0.4) is 0 Å². The highest BCUT2D eigenvalue weighted by Gasteiger charge is 2.14. The van der Waals surface area contributed by atoms with Gasteiger partial charge in [-0.25, -0.2) is 19.2 Å². The summed E-state index contributed by atoms with van der Waals surface area (Å²) < 4.78 is 14.2. The summed E-state index contributed by atoms with van der Waals surface area (Å²) in [6.45, 7) is 0.335. The van der Waals surface area contributed by atoms with E-state index in [1.165, 1.54) is 17.4 Å². The second-order valence-electron chi connectivity index (χ2n) is 6.72. The third kappa shape index (κ3) is 4.84. The number of benzene rings is 2. The number of nitrogen functional groups attached to an aromatic ring is 1. The molecule has 0 bridgehead atoms. The zero-order valence-corrected chi connectivity index (χ0v) is 18.0. The first-order valence-electron chi connectivity index (χ1n) is 9.25. The lowest BCUT2D eigenvalue weighted by Gasteiger charge is -2.18. The SMILES string of the molecule is CN(c1ccc2nc(NC(=O)NCc3cccc(N)c3)sc2n1)c1ccc(Cl)cc1F. The second-order valence-corrected chi connectivity index (χ2v) is 8.13. The molecule has 2 heterocycles. The van der Waals surface area contributed by atoms with E-state index in [1.54, 1.807) is 48.3 Å². The highest BCUT2D eigenvalue weighted by atomic mass is 35.5. The van der Waals surface area contributed by atoms with Gasteiger partial charge < -0.3 is 16.0 Å². The number of anilines is 4. The number of urea groups is 1. The summed E-state index contributed by atoms with van der Waals surface area (Å²) in [5.74, 6) is 0.0930. The van der Waals surface area contributed by atoms with Crippen LogP contribution in [-0.2, 0) is 6.54 Å². The van der Waals surface area contributed by atoms with E-state index in [9.17, 15) is 9.18 Å². The molecule has 7 nitrogen and oxygen atoms in total. The van der Waals surface area contributed by atoms with Crippen molar-refractivity contribution < 1.29 is 9.18 Å². The molecule has 2 aromatic heterocycles. The van der Waals surface area contributed by atoms with Crippen LogP contribution >= 0.6 is 22.9 Å². The maximum absolute atomic E-state index is 14.2. The lowest BCUT2D eigenvalue weighted by atomic mass is 10.2. The molecular weight excluding hydrogens is 439 g/mol. The Balaban J connectivity index is 1.46. The molecule has 0 aliphatic carbocycles. The van der Waals surface area contributed by atoms with E-state index in [0.717, 1.165) is 5.56 Å². The molecule has 2 amide bonds. The predicted molar refractivity (Wildman–Crippen MR) is 124 cm³/mol. The topological polar surface area (TPSA) is 96.2 Å². The Bertz CT molecular complexity index is 1260. The van der Waals surface area contributed by atoms with Crippen LogP contribution in [-0.4, -0.2) is 23.0 Å². The summed E-state index contributed by atoms with van der Waals surface area (Å²) in [5, 5.41) is 6.20. The summed E-state index contributed by atoms with van der Waals surface area (Å²) in [7, 11) is 1.71. The minimum Gasteiger partial charge on any atom is -0.399 e. The lowest BCUT2D eigenvalue weighted by molar-refractivity contribution is 0.251. The zero-order valence-electron chi connectivity index (χ0n) is 16.4. The molecule has 0 fully saturated rings. The predicted octanol–water partition coefficient (Wildman–Crippen LogP) is 5.16. The number of aromatic nitrogens is 2. The Morgan fingerprint density at radius 3 is 2.81 bits per heavy atom. The number of amides is 2. The number of rotatable bonds is 5. The van der Waals surface area contributed by atoms with E-state index in [1.807, 2.05) is 12.1 Å². The van der Waals surface area contributed by atoms with Crippen molar-refractivity contribution in [2.45, 2.75) is 6.54 Å². The van der Waals surface area contributed by atoms with Crippen LogP contribution in [0.15, 0.2) is 54.6 Å². The monoisotopic (exact) mass is 456 g/mol. The van der Waals surface area contributed by atoms with Crippen molar-refractivity contribution in [3.8, 4) is 0 Å². The van der Waals surface area contributed by atoms with Crippen molar-refractivity contribution in [3.63, 3.8) is 0 Å². The van der Waals surface area contributed by atoms with Crippen molar-refractivity contribution in [2.24, 2.45) is 0 Å². The van der Waals surface area contributed by atoms with Gasteiger partial charge in [0.05, 0.1) is 5.69 Å². The van der Waals surface area contributed by atoms with Crippen LogP contribution in [0.1, 0.15) is 5.56 Å². The van der Waals surface area contributed by atoms with Crippen LogP contribution in [0.2, 0.25) is 5.02 Å². The van der Waals surface area contributed by atoms with E-state index in [2.05, 4.69) is 20.6 Å². The molecule has 0 spiro atoms. The van der Waals surface area contributed by atoms with Gasteiger partial charge in [-0.1, -0.05) is 35.1 Å². The summed E-state index contributed by atoms with van der Waals surface area (Å²) in [6.07, 6.45) is 0. The third-order valence-electron chi connectivity index (χ3n) is 4.48. The number of nitrogens with two attached hydrogens (primary N) is 1. The van der Waals surface area contributed by atoms with Gasteiger partial charge in [-0.3, -0.25) is 5.32 Å². The molecule has 158 valence electrons. The molecule has 0 radical (unpaired) electrons. The number of nitrogens with one attached hydrogen (secondary N) is 2. The van der Waals surface area contributed by atoms with E-state index >= 15 is 0 Å². The molecule has 0 aliphatic heterocycles. The molecule has 4 aromatic rings. The van der Waals surface area contributed by atoms with Crippen LogP contribution in [0.5, 0.6) is 0 Å². The summed E-state index contributed by atoms with van der Waals surface area (Å²) in [5.41, 5.74) is 8.25. The molecule has 4 rings (SSSR count). The molecule has 4 N–H and O–H groups in total. The highest BCUT2D eigenvalue weighted by molar-refractivity contribution is 7.22. The smallest absolute Gasteiger partial charge is 0.321 e. The Morgan fingerprint density at radius 1 is 1.19 bits per heavy atom. The average molecular weight is 457 g/mol. The largest absolute Gasteiger partial charge is 0.399 e. The number of carbonyl (C=O) groups is 1. The number of thiazole rings is 1. The first kappa shape index (κ1) is 20.8. The highest BCUT2D eigenvalue weighted by Crippen LogP contribution is 2.30. The maximum Gasteiger partial charge on any atom is 0.321 e. The van der Waals surface area contributed by atoms with Gasteiger partial charge in [-0.05, 0) is 48.0 Å². The van der Waals surface area contributed by atoms with Crippen molar-refractivity contribution in [3.05, 3.63) is 71.0 Å². The van der Waals surface area contributed by atoms with E-state index in [-0.39, 0.29) is 6.03 Å². The van der Waals surface area contributed by atoms with Crippen molar-refractivity contribution in [1.82, 2.24) is 15.3 Å². The van der Waals surface area contributed by atoms with E-state index < -0.39 is 5.82 Å². The Labute approximate surface area is 186 Å². The third-order valence-corrected chi connectivity index (χ3v) is 5.60. The number of halogens is 2. The standard InChI is InChI=1S/C21H18ClFN6OS/c1-29(17-7-5-13(22)10-15(17)23)18-8-6-16-19(27-18)31-21(26-16)28-20(30)25-11-12-3-2-4-14(24)9-12/h2-10H,11,24H2,1H3,(H2,25,26,28,30). The molecular formula is C21H18ClFN6OS. The van der Waals surface area contributed by atoms with Crippen molar-refractivity contribution in [1.29, 1.82) is 0 Å². The number of hydrogen-bond acceptors (Lipinski definition) is 6. The Hall–Kier alpha value is -3.43. The summed E-state index contributed by atoms with van der Waals surface area (Å²) in [6, 6.07) is 14.9. The van der Waals surface area contributed by atoms with Crippen LogP contribution in [0, 0.1) is 5.82 Å². The molecule has 0 saturated heterocycles. The average Bonchev–Trinajstić information content (AvgIpc) is 3.13. The fraction of sp³-hybridized carbons (Fsp3) is 0.0952. The molecule has 31 heavy (non-hydrogen) atoms. The quantitative estimate of drug-likeness (QED) is 0.361. The van der Waals surface area contributed by atoms with Gasteiger partial charge in [0.25, 0.3) is 0 Å². The number of nitrogens with zero attached hydrogens (tertiary/aromatic N) is 3. The fourth-order valence-corrected chi connectivity index (χ4v) is 3.94. The minimum absolute atomic E-state index is 0.324. The van der Waals surface area contributed by atoms with Gasteiger partial charge >= 0.3 is 6.03 Å². The number of fused-ring (bicyclic) bond motifs is 1. The first-order valence-corrected chi connectivity index (χ1v) is 10.4. The number of pyridine rings is 1. The van der Waals surface area contributed by atoms with E-state index in [0.29, 0.717) is 44.2 Å².